The summed E-state index contributed by atoms with van der Waals surface area (Å²) in [5.74, 6) is 0.668. The average Bonchev–Trinajstić information content (AvgIpc) is 3.14. The molecule has 0 saturated carbocycles. The van der Waals surface area contributed by atoms with E-state index in [0.29, 0.717) is 41.5 Å². The number of likely N-dealkylation sites (tertiary alicyclic amines) is 1. The molecule has 7 heteroatoms. The van der Waals surface area contributed by atoms with E-state index >= 15 is 0 Å². The predicted molar refractivity (Wildman–Crippen MR) is 110 cm³/mol. The first-order chi connectivity index (χ1) is 13.9. The molecule has 29 heavy (non-hydrogen) atoms. The van der Waals surface area contributed by atoms with Gasteiger partial charge in [0.15, 0.2) is 11.5 Å². The van der Waals surface area contributed by atoms with Gasteiger partial charge in [-0.05, 0) is 38.8 Å². The Bertz CT molecular complexity index is 953. The van der Waals surface area contributed by atoms with Gasteiger partial charge >= 0.3 is 0 Å². The van der Waals surface area contributed by atoms with Crippen molar-refractivity contribution >= 4 is 23.2 Å². The van der Waals surface area contributed by atoms with Crippen LogP contribution >= 0.6 is 0 Å². The van der Waals surface area contributed by atoms with Gasteiger partial charge in [0.25, 0.3) is 5.91 Å². The molecule has 2 aromatic rings. The maximum absolute atomic E-state index is 13.0. The number of ether oxygens (including phenoxy) is 2. The van der Waals surface area contributed by atoms with Crippen LogP contribution in [-0.2, 0) is 4.79 Å². The molecule has 2 aliphatic heterocycles. The normalized spacial score (nSPS) is 17.9. The maximum Gasteiger partial charge on any atom is 0.253 e. The second-order valence-corrected chi connectivity index (χ2v) is 7.75. The second kappa shape index (κ2) is 7.66. The monoisotopic (exact) mass is 395 g/mol. The van der Waals surface area contributed by atoms with E-state index in [0.717, 1.165) is 24.0 Å². The number of nitrogens with two attached hydrogens (primary N) is 1. The first-order valence-electron chi connectivity index (χ1n) is 9.78. The summed E-state index contributed by atoms with van der Waals surface area (Å²) < 4.78 is 10.7. The van der Waals surface area contributed by atoms with Crippen LogP contribution in [0.3, 0.4) is 0 Å². The van der Waals surface area contributed by atoms with Gasteiger partial charge in [-0.2, -0.15) is 0 Å². The Balaban J connectivity index is 1.45. The molecule has 2 heterocycles. The fraction of sp³-hybridized carbons (Fsp3) is 0.364. The highest BCUT2D eigenvalue weighted by molar-refractivity contribution is 5.98. The predicted octanol–water partition coefficient (Wildman–Crippen LogP) is 3.11. The van der Waals surface area contributed by atoms with Crippen molar-refractivity contribution in [2.75, 3.05) is 30.9 Å². The number of benzene rings is 2. The summed E-state index contributed by atoms with van der Waals surface area (Å²) in [6.07, 6.45) is 1.51. The second-order valence-electron chi connectivity index (χ2n) is 7.75. The van der Waals surface area contributed by atoms with E-state index in [-0.39, 0.29) is 24.5 Å². The smallest absolute Gasteiger partial charge is 0.253 e. The lowest BCUT2D eigenvalue weighted by Crippen LogP contribution is -2.43. The van der Waals surface area contributed by atoms with Gasteiger partial charge in [0.1, 0.15) is 0 Å². The van der Waals surface area contributed by atoms with Crippen LogP contribution in [0.15, 0.2) is 30.3 Å². The zero-order valence-corrected chi connectivity index (χ0v) is 16.7. The topological polar surface area (TPSA) is 93.9 Å². The number of carbonyl (C=O) groups is 2. The fourth-order valence-electron chi connectivity index (χ4n) is 3.96. The number of nitrogens with zero attached hydrogens (tertiary/aromatic N) is 1. The van der Waals surface area contributed by atoms with E-state index in [2.05, 4.69) is 5.32 Å². The van der Waals surface area contributed by atoms with Crippen molar-refractivity contribution in [1.29, 1.82) is 0 Å². The van der Waals surface area contributed by atoms with Crippen molar-refractivity contribution in [2.45, 2.75) is 26.7 Å². The van der Waals surface area contributed by atoms with Crippen molar-refractivity contribution in [3.8, 4) is 11.5 Å². The third-order valence-electron chi connectivity index (χ3n) is 5.35. The minimum Gasteiger partial charge on any atom is -0.454 e. The lowest BCUT2D eigenvalue weighted by atomic mass is 9.96. The summed E-state index contributed by atoms with van der Waals surface area (Å²) in [5.41, 5.74) is 9.73. The van der Waals surface area contributed by atoms with Gasteiger partial charge in [-0.3, -0.25) is 9.59 Å². The molecule has 7 nitrogen and oxygen atoms in total. The summed E-state index contributed by atoms with van der Waals surface area (Å²) in [5, 5.41) is 2.89. The van der Waals surface area contributed by atoms with Crippen LogP contribution in [0.1, 0.15) is 34.3 Å². The average molecular weight is 395 g/mol. The Morgan fingerprint density at radius 3 is 2.48 bits per heavy atom. The molecule has 0 aromatic heterocycles. The fourth-order valence-corrected chi connectivity index (χ4v) is 3.96. The van der Waals surface area contributed by atoms with Crippen LogP contribution < -0.4 is 20.5 Å². The lowest BCUT2D eigenvalue weighted by Gasteiger charge is -2.32. The van der Waals surface area contributed by atoms with Crippen LogP contribution in [0.5, 0.6) is 11.5 Å². The number of aryl methyl sites for hydroxylation is 2. The van der Waals surface area contributed by atoms with Crippen molar-refractivity contribution in [1.82, 2.24) is 4.90 Å². The molecular weight excluding hydrogens is 370 g/mol. The standard InChI is InChI=1S/C22H25N3O4/c1-13-6-14(2)8-16(7-13)22(27)25-5-3-4-15(11-25)21(26)24-18-10-20-19(9-17(18)23)28-12-29-20/h6-10,15H,3-5,11-12,23H2,1-2H3,(H,24,26). The number of piperidine rings is 1. The molecule has 0 aliphatic carbocycles. The summed E-state index contributed by atoms with van der Waals surface area (Å²) in [7, 11) is 0. The number of carbonyl (C=O) groups excluding carboxylic acids is 2. The molecule has 1 atom stereocenters. The third-order valence-corrected chi connectivity index (χ3v) is 5.35. The number of rotatable bonds is 3. The molecule has 1 unspecified atom stereocenters. The molecule has 1 saturated heterocycles. The summed E-state index contributed by atoms with van der Waals surface area (Å²) in [4.78, 5) is 27.6. The molecule has 0 bridgehead atoms. The highest BCUT2D eigenvalue weighted by Crippen LogP contribution is 2.38. The Morgan fingerprint density at radius 1 is 1.07 bits per heavy atom. The molecular formula is C22H25N3O4. The number of anilines is 2. The number of nitrogens with one attached hydrogen (secondary N) is 1. The van der Waals surface area contributed by atoms with Crippen LogP contribution in [0.2, 0.25) is 0 Å². The lowest BCUT2D eigenvalue weighted by molar-refractivity contribution is -0.121. The van der Waals surface area contributed by atoms with Crippen molar-refractivity contribution in [3.63, 3.8) is 0 Å². The van der Waals surface area contributed by atoms with E-state index in [1.54, 1.807) is 17.0 Å². The quantitative estimate of drug-likeness (QED) is 0.779. The van der Waals surface area contributed by atoms with E-state index in [1.165, 1.54) is 0 Å². The summed E-state index contributed by atoms with van der Waals surface area (Å²) in [6, 6.07) is 9.16. The van der Waals surface area contributed by atoms with Gasteiger partial charge in [0.05, 0.1) is 17.3 Å². The van der Waals surface area contributed by atoms with Gasteiger partial charge in [-0.25, -0.2) is 0 Å². The molecule has 152 valence electrons. The third kappa shape index (κ3) is 3.99. The van der Waals surface area contributed by atoms with Gasteiger partial charge in [-0.15, -0.1) is 0 Å². The van der Waals surface area contributed by atoms with Crippen molar-refractivity contribution in [3.05, 3.63) is 47.0 Å². The summed E-state index contributed by atoms with van der Waals surface area (Å²) in [6.45, 7) is 5.15. The number of hydrogen-bond donors (Lipinski definition) is 2. The highest BCUT2D eigenvalue weighted by Gasteiger charge is 2.30. The van der Waals surface area contributed by atoms with E-state index in [4.69, 9.17) is 15.2 Å². The Kier molecular flexibility index (Phi) is 5.05. The molecule has 0 radical (unpaired) electrons. The summed E-state index contributed by atoms with van der Waals surface area (Å²) >= 11 is 0. The molecule has 0 spiro atoms. The first-order valence-corrected chi connectivity index (χ1v) is 9.78. The molecule has 2 aliphatic rings. The molecule has 3 N–H and O–H groups in total. The first kappa shape index (κ1) is 19.1. The Labute approximate surface area is 169 Å². The zero-order valence-electron chi connectivity index (χ0n) is 16.7. The van der Waals surface area contributed by atoms with Crippen LogP contribution in [0.4, 0.5) is 11.4 Å². The Hall–Kier alpha value is -3.22. The van der Waals surface area contributed by atoms with Gasteiger partial charge in [0, 0.05) is 30.8 Å². The number of amides is 2. The number of fused-ring (bicyclic) bond motifs is 1. The number of hydrogen-bond acceptors (Lipinski definition) is 5. The number of nitrogen functional groups attached to an aromatic ring is 1. The van der Waals surface area contributed by atoms with E-state index in [1.807, 2.05) is 32.0 Å². The maximum atomic E-state index is 13.0. The van der Waals surface area contributed by atoms with Gasteiger partial charge in [0.2, 0.25) is 12.7 Å². The van der Waals surface area contributed by atoms with Gasteiger partial charge in [-0.1, -0.05) is 17.2 Å². The minimum absolute atomic E-state index is 0.0307. The molecule has 2 amide bonds. The Morgan fingerprint density at radius 2 is 1.76 bits per heavy atom. The highest BCUT2D eigenvalue weighted by atomic mass is 16.7. The molecule has 2 aromatic carbocycles. The van der Waals surface area contributed by atoms with Crippen LogP contribution in [0, 0.1) is 19.8 Å². The zero-order chi connectivity index (χ0) is 20.5. The van der Waals surface area contributed by atoms with Gasteiger partial charge < -0.3 is 25.4 Å². The largest absolute Gasteiger partial charge is 0.454 e. The SMILES string of the molecule is Cc1cc(C)cc(C(=O)N2CCCC(C(=O)Nc3cc4c(cc3N)OCO4)C2)c1. The molecule has 4 rings (SSSR count). The van der Waals surface area contributed by atoms with Crippen molar-refractivity contribution in [2.24, 2.45) is 5.92 Å². The van der Waals surface area contributed by atoms with Crippen molar-refractivity contribution < 1.29 is 19.1 Å². The minimum atomic E-state index is -0.288. The van der Waals surface area contributed by atoms with E-state index in [9.17, 15) is 9.59 Å². The van der Waals surface area contributed by atoms with Crippen LogP contribution in [0.25, 0.3) is 0 Å². The van der Waals surface area contributed by atoms with Crippen LogP contribution in [-0.4, -0.2) is 36.6 Å². The van der Waals surface area contributed by atoms with E-state index < -0.39 is 0 Å². The molecule has 1 fully saturated rings.